The zero-order valence-corrected chi connectivity index (χ0v) is 25.0. The maximum absolute atomic E-state index is 13.5. The molecule has 0 unspecified atom stereocenters. The van der Waals surface area contributed by atoms with Gasteiger partial charge in [0.15, 0.2) is 0 Å². The molecule has 0 aliphatic heterocycles. The second-order valence-corrected chi connectivity index (χ2v) is 11.1. The molecule has 2 N–H and O–H groups in total. The number of methoxy groups -OCH3 is 1. The van der Waals surface area contributed by atoms with Gasteiger partial charge < -0.3 is 29.6 Å². The number of benzene rings is 1. The van der Waals surface area contributed by atoms with E-state index < -0.39 is 5.91 Å². The van der Waals surface area contributed by atoms with Gasteiger partial charge in [0, 0.05) is 70.4 Å². The summed E-state index contributed by atoms with van der Waals surface area (Å²) in [6, 6.07) is 7.98. The molecular formula is C30H36ClN5O6. The van der Waals surface area contributed by atoms with Crippen molar-refractivity contribution in [3.05, 3.63) is 52.9 Å². The van der Waals surface area contributed by atoms with Crippen LogP contribution >= 0.6 is 11.6 Å². The Morgan fingerprint density at radius 2 is 1.74 bits per heavy atom. The SMILES string of the molecule is COCCCN(C)C(=O)c1ccc2oc(C(=O)Nc3ccc(Cl)cn3)c(NC(=O)[C@H]3CC[C@H](C(=O)N(C)C)CC3)c2c1. The average molecular weight is 598 g/mol. The molecule has 2 heterocycles. The minimum absolute atomic E-state index is 0.0637. The number of fused-ring (bicyclic) bond motifs is 1. The van der Waals surface area contributed by atoms with Gasteiger partial charge in [-0.3, -0.25) is 19.2 Å². The lowest BCUT2D eigenvalue weighted by Crippen LogP contribution is -2.35. The van der Waals surface area contributed by atoms with Gasteiger partial charge in [-0.2, -0.15) is 0 Å². The molecule has 0 saturated heterocycles. The zero-order chi connectivity index (χ0) is 30.4. The summed E-state index contributed by atoms with van der Waals surface area (Å²) in [5.74, 6) is -1.38. The van der Waals surface area contributed by atoms with E-state index in [0.29, 0.717) is 66.8 Å². The van der Waals surface area contributed by atoms with Crippen LogP contribution in [-0.2, 0) is 14.3 Å². The number of nitrogens with one attached hydrogen (secondary N) is 2. The number of amides is 4. The van der Waals surface area contributed by atoms with Gasteiger partial charge in [-0.15, -0.1) is 0 Å². The number of rotatable bonds is 10. The van der Waals surface area contributed by atoms with Gasteiger partial charge in [0.25, 0.3) is 11.8 Å². The number of aromatic nitrogens is 1. The van der Waals surface area contributed by atoms with E-state index in [-0.39, 0.29) is 46.8 Å². The van der Waals surface area contributed by atoms with E-state index in [2.05, 4.69) is 15.6 Å². The van der Waals surface area contributed by atoms with E-state index in [0.717, 1.165) is 0 Å². The Bertz CT molecular complexity index is 1450. The van der Waals surface area contributed by atoms with Gasteiger partial charge in [-0.1, -0.05) is 11.6 Å². The molecule has 4 amide bonds. The second kappa shape index (κ2) is 13.8. The van der Waals surface area contributed by atoms with Crippen molar-refractivity contribution in [3.63, 3.8) is 0 Å². The number of pyridine rings is 1. The number of nitrogens with zero attached hydrogens (tertiary/aromatic N) is 3. The number of carbonyl (C=O) groups excluding carboxylic acids is 4. The van der Waals surface area contributed by atoms with Gasteiger partial charge in [0.05, 0.1) is 5.02 Å². The smallest absolute Gasteiger partial charge is 0.294 e. The maximum Gasteiger partial charge on any atom is 0.294 e. The topological polar surface area (TPSA) is 134 Å². The predicted molar refractivity (Wildman–Crippen MR) is 160 cm³/mol. The molecule has 0 spiro atoms. The van der Waals surface area contributed by atoms with Crippen LogP contribution in [0.25, 0.3) is 11.0 Å². The van der Waals surface area contributed by atoms with E-state index in [1.54, 1.807) is 68.4 Å². The minimum Gasteiger partial charge on any atom is -0.449 e. The standard InChI is InChI=1S/C30H36ClN5O6/c1-35(2)29(39)19-8-6-18(7-9-19)27(37)34-25-22-16-20(30(40)36(3)14-5-15-41-4)10-12-23(22)42-26(25)28(38)33-24-13-11-21(31)17-32-24/h10-13,16-19H,5-9,14-15H2,1-4H3,(H,34,37)(H,32,33,38)/t18-,19-. The summed E-state index contributed by atoms with van der Waals surface area (Å²) in [4.78, 5) is 59.6. The first kappa shape index (κ1) is 31.0. The van der Waals surface area contributed by atoms with E-state index in [1.165, 1.54) is 6.20 Å². The number of hydrogen-bond donors (Lipinski definition) is 2. The molecule has 4 rings (SSSR count). The first-order valence-electron chi connectivity index (χ1n) is 13.8. The molecular weight excluding hydrogens is 562 g/mol. The first-order chi connectivity index (χ1) is 20.1. The van der Waals surface area contributed by atoms with Crippen LogP contribution in [0.3, 0.4) is 0 Å². The Morgan fingerprint density at radius 3 is 2.38 bits per heavy atom. The van der Waals surface area contributed by atoms with E-state index in [4.69, 9.17) is 20.8 Å². The molecule has 1 aliphatic carbocycles. The van der Waals surface area contributed by atoms with Crippen LogP contribution < -0.4 is 10.6 Å². The van der Waals surface area contributed by atoms with Gasteiger partial charge in [0.1, 0.15) is 17.1 Å². The molecule has 0 atom stereocenters. The number of furan rings is 1. The molecule has 2 aromatic heterocycles. The summed E-state index contributed by atoms with van der Waals surface area (Å²) in [6.45, 7) is 1.03. The van der Waals surface area contributed by atoms with Gasteiger partial charge in [-0.25, -0.2) is 4.98 Å². The Morgan fingerprint density at radius 1 is 1.02 bits per heavy atom. The van der Waals surface area contributed by atoms with E-state index in [9.17, 15) is 19.2 Å². The highest BCUT2D eigenvalue weighted by molar-refractivity contribution is 6.30. The van der Waals surface area contributed by atoms with Crippen molar-refractivity contribution in [2.75, 3.05) is 52.0 Å². The van der Waals surface area contributed by atoms with Crippen LogP contribution in [0.4, 0.5) is 11.5 Å². The van der Waals surface area contributed by atoms with Crippen LogP contribution in [-0.4, -0.2) is 79.8 Å². The molecule has 1 fully saturated rings. The molecule has 224 valence electrons. The summed E-state index contributed by atoms with van der Waals surface area (Å²) in [7, 11) is 6.77. The lowest BCUT2D eigenvalue weighted by molar-refractivity contribution is -0.135. The molecule has 1 aromatic carbocycles. The highest BCUT2D eigenvalue weighted by atomic mass is 35.5. The van der Waals surface area contributed by atoms with Gasteiger partial charge in [0.2, 0.25) is 17.6 Å². The molecule has 42 heavy (non-hydrogen) atoms. The third-order valence-corrected chi connectivity index (χ3v) is 7.66. The molecule has 1 aliphatic rings. The molecule has 12 heteroatoms. The predicted octanol–water partition coefficient (Wildman–Crippen LogP) is 4.68. The molecule has 0 bridgehead atoms. The largest absolute Gasteiger partial charge is 0.449 e. The molecule has 1 saturated carbocycles. The number of ether oxygens (including phenoxy) is 1. The fourth-order valence-electron chi connectivity index (χ4n) is 5.10. The summed E-state index contributed by atoms with van der Waals surface area (Å²) in [5.41, 5.74) is 0.885. The Kier molecular flexibility index (Phi) is 10.2. The van der Waals surface area contributed by atoms with Crippen molar-refractivity contribution in [1.29, 1.82) is 0 Å². The highest BCUT2D eigenvalue weighted by Crippen LogP contribution is 2.35. The number of halogens is 1. The monoisotopic (exact) mass is 597 g/mol. The third kappa shape index (κ3) is 7.27. The summed E-state index contributed by atoms with van der Waals surface area (Å²) >= 11 is 5.92. The molecule has 11 nitrogen and oxygen atoms in total. The first-order valence-corrected chi connectivity index (χ1v) is 14.2. The average Bonchev–Trinajstić information content (AvgIpc) is 3.35. The van der Waals surface area contributed by atoms with Crippen molar-refractivity contribution in [2.24, 2.45) is 11.8 Å². The van der Waals surface area contributed by atoms with Gasteiger partial charge >= 0.3 is 0 Å². The van der Waals surface area contributed by atoms with Crippen LogP contribution in [0.5, 0.6) is 0 Å². The second-order valence-electron chi connectivity index (χ2n) is 10.7. The fourth-order valence-corrected chi connectivity index (χ4v) is 5.21. The van der Waals surface area contributed by atoms with Crippen LogP contribution in [0.2, 0.25) is 5.02 Å². The van der Waals surface area contributed by atoms with Crippen molar-refractivity contribution in [3.8, 4) is 0 Å². The maximum atomic E-state index is 13.5. The molecule has 0 radical (unpaired) electrons. The Labute approximate surface area is 249 Å². The summed E-state index contributed by atoms with van der Waals surface area (Å²) in [5, 5.41) is 6.42. The normalized spacial score (nSPS) is 16.6. The number of carbonyl (C=O) groups is 4. The zero-order valence-electron chi connectivity index (χ0n) is 24.2. The fraction of sp³-hybridized carbons (Fsp3) is 0.433. The molecule has 3 aromatic rings. The third-order valence-electron chi connectivity index (χ3n) is 7.44. The summed E-state index contributed by atoms with van der Waals surface area (Å²) < 4.78 is 11.0. The van der Waals surface area contributed by atoms with Crippen LogP contribution in [0, 0.1) is 11.8 Å². The highest BCUT2D eigenvalue weighted by Gasteiger charge is 2.32. The van der Waals surface area contributed by atoms with Crippen molar-refractivity contribution >= 4 is 57.7 Å². The van der Waals surface area contributed by atoms with Gasteiger partial charge in [-0.05, 0) is 62.4 Å². The minimum atomic E-state index is -0.624. The number of hydrogen-bond acceptors (Lipinski definition) is 7. The van der Waals surface area contributed by atoms with Crippen molar-refractivity contribution in [1.82, 2.24) is 14.8 Å². The van der Waals surface area contributed by atoms with Crippen molar-refractivity contribution in [2.45, 2.75) is 32.1 Å². The lowest BCUT2D eigenvalue weighted by atomic mass is 9.81. The summed E-state index contributed by atoms with van der Waals surface area (Å²) in [6.07, 6.45) is 4.36. The number of anilines is 2. The Hall–Kier alpha value is -3.96. The lowest BCUT2D eigenvalue weighted by Gasteiger charge is -2.28. The van der Waals surface area contributed by atoms with Crippen LogP contribution in [0.1, 0.15) is 53.0 Å². The Balaban J connectivity index is 1.62. The quantitative estimate of drug-likeness (QED) is 0.324. The van der Waals surface area contributed by atoms with E-state index >= 15 is 0 Å². The van der Waals surface area contributed by atoms with Crippen LogP contribution in [0.15, 0.2) is 40.9 Å². The van der Waals surface area contributed by atoms with E-state index in [1.807, 2.05) is 0 Å². The van der Waals surface area contributed by atoms with Crippen molar-refractivity contribution < 1.29 is 28.3 Å².